The smallest absolute Gasteiger partial charge is 0.327 e. The lowest BCUT2D eigenvalue weighted by Crippen LogP contribution is -2.44. The van der Waals surface area contributed by atoms with E-state index in [2.05, 4.69) is 0 Å². The van der Waals surface area contributed by atoms with Crippen molar-refractivity contribution in [3.05, 3.63) is 35.6 Å². The minimum atomic E-state index is -1.79. The molecule has 0 bridgehead atoms. The second-order valence-corrected chi connectivity index (χ2v) is 4.05. The maximum Gasteiger partial charge on any atom is 0.327 e. The van der Waals surface area contributed by atoms with Crippen LogP contribution in [0, 0.1) is 5.82 Å². The van der Waals surface area contributed by atoms with Crippen LogP contribution in [0.3, 0.4) is 0 Å². The third kappa shape index (κ3) is 2.92. The first kappa shape index (κ1) is 15.1. The number of hydrogen-bond acceptors (Lipinski definition) is 4. The Labute approximate surface area is 111 Å². The van der Waals surface area contributed by atoms with E-state index in [1.807, 2.05) is 0 Å². The molecular weight excluding hydrogens is 251 g/mol. The number of carbonyl (C=O) groups excluding carboxylic acids is 2. The maximum absolute atomic E-state index is 13.9. The van der Waals surface area contributed by atoms with Crippen molar-refractivity contribution in [1.82, 2.24) is 0 Å². The van der Waals surface area contributed by atoms with Gasteiger partial charge in [0.1, 0.15) is 5.82 Å². The zero-order valence-corrected chi connectivity index (χ0v) is 11.2. The number of esters is 2. The van der Waals surface area contributed by atoms with E-state index in [1.165, 1.54) is 25.1 Å². The molecule has 0 fully saturated rings. The van der Waals surface area contributed by atoms with Gasteiger partial charge in [0.15, 0.2) is 5.41 Å². The molecule has 0 aromatic heterocycles. The van der Waals surface area contributed by atoms with Crippen LogP contribution in [-0.4, -0.2) is 25.2 Å². The Bertz CT molecular complexity index is 452. The minimum Gasteiger partial charge on any atom is -0.465 e. The van der Waals surface area contributed by atoms with Gasteiger partial charge in [-0.25, -0.2) is 4.39 Å². The van der Waals surface area contributed by atoms with Crippen molar-refractivity contribution in [3.63, 3.8) is 0 Å². The van der Waals surface area contributed by atoms with Crippen LogP contribution in [0.4, 0.5) is 4.39 Å². The quantitative estimate of drug-likeness (QED) is 0.607. The zero-order valence-electron chi connectivity index (χ0n) is 11.2. The van der Waals surface area contributed by atoms with Crippen LogP contribution in [-0.2, 0) is 24.5 Å². The number of hydrogen-bond donors (Lipinski definition) is 0. The van der Waals surface area contributed by atoms with E-state index in [0.717, 1.165) is 0 Å². The number of benzene rings is 1. The average Bonchev–Trinajstić information content (AvgIpc) is 2.39. The first-order valence-electron chi connectivity index (χ1n) is 6.07. The summed E-state index contributed by atoms with van der Waals surface area (Å²) < 4.78 is 23.6. The third-order valence-corrected chi connectivity index (χ3v) is 2.78. The molecule has 104 valence electrons. The molecular formula is C14H17FO4. The van der Waals surface area contributed by atoms with Crippen molar-refractivity contribution in [3.8, 4) is 0 Å². The highest BCUT2D eigenvalue weighted by Crippen LogP contribution is 2.29. The van der Waals surface area contributed by atoms with Gasteiger partial charge in [-0.2, -0.15) is 0 Å². The van der Waals surface area contributed by atoms with Gasteiger partial charge in [-0.05, 0) is 26.8 Å². The third-order valence-electron chi connectivity index (χ3n) is 2.78. The highest BCUT2D eigenvalue weighted by Gasteiger charge is 2.47. The zero-order chi connectivity index (χ0) is 14.5. The Morgan fingerprint density at radius 1 is 1.11 bits per heavy atom. The molecule has 0 aliphatic carbocycles. The van der Waals surface area contributed by atoms with Gasteiger partial charge in [0.2, 0.25) is 0 Å². The fourth-order valence-electron chi connectivity index (χ4n) is 1.72. The lowest BCUT2D eigenvalue weighted by atomic mass is 9.82. The highest BCUT2D eigenvalue weighted by molar-refractivity contribution is 6.05. The monoisotopic (exact) mass is 268 g/mol. The Morgan fingerprint density at radius 2 is 1.58 bits per heavy atom. The van der Waals surface area contributed by atoms with Gasteiger partial charge in [0, 0.05) is 5.56 Å². The second-order valence-electron chi connectivity index (χ2n) is 4.05. The Hall–Kier alpha value is -1.91. The predicted molar refractivity (Wildman–Crippen MR) is 67.0 cm³/mol. The molecule has 1 aromatic carbocycles. The molecule has 0 N–H and O–H groups in total. The lowest BCUT2D eigenvalue weighted by molar-refractivity contribution is -0.164. The molecule has 5 heteroatoms. The predicted octanol–water partition coefficient (Wildman–Crippen LogP) is 2.21. The molecule has 19 heavy (non-hydrogen) atoms. The van der Waals surface area contributed by atoms with Crippen LogP contribution < -0.4 is 0 Å². The summed E-state index contributed by atoms with van der Waals surface area (Å²) in [6, 6.07) is 5.60. The SMILES string of the molecule is CCOC(=O)C(C)(C(=O)OCC)c1ccccc1F. The summed E-state index contributed by atoms with van der Waals surface area (Å²) in [7, 11) is 0. The molecule has 0 saturated carbocycles. The van der Waals surface area contributed by atoms with Crippen LogP contribution in [0.2, 0.25) is 0 Å². The van der Waals surface area contributed by atoms with E-state index in [4.69, 9.17) is 9.47 Å². The van der Waals surface area contributed by atoms with E-state index in [0.29, 0.717) is 0 Å². The van der Waals surface area contributed by atoms with E-state index in [-0.39, 0.29) is 18.8 Å². The molecule has 0 aliphatic heterocycles. The summed E-state index contributed by atoms with van der Waals surface area (Å²) in [6.07, 6.45) is 0. The normalized spacial score (nSPS) is 10.9. The summed E-state index contributed by atoms with van der Waals surface area (Å²) in [5, 5.41) is 0. The van der Waals surface area contributed by atoms with Crippen LogP contribution in [0.25, 0.3) is 0 Å². The van der Waals surface area contributed by atoms with Gasteiger partial charge < -0.3 is 9.47 Å². The topological polar surface area (TPSA) is 52.6 Å². The fraction of sp³-hybridized carbons (Fsp3) is 0.429. The summed E-state index contributed by atoms with van der Waals surface area (Å²) in [6.45, 7) is 4.74. The Balaban J connectivity index is 3.30. The largest absolute Gasteiger partial charge is 0.465 e. The molecule has 0 atom stereocenters. The van der Waals surface area contributed by atoms with Gasteiger partial charge in [-0.15, -0.1) is 0 Å². The van der Waals surface area contributed by atoms with Crippen molar-refractivity contribution in [1.29, 1.82) is 0 Å². The summed E-state index contributed by atoms with van der Waals surface area (Å²) in [5.74, 6) is -2.29. The van der Waals surface area contributed by atoms with Crippen LogP contribution >= 0.6 is 0 Å². The standard InChI is InChI=1S/C14H17FO4/c1-4-18-12(16)14(3,13(17)19-5-2)10-8-6-7-9-11(10)15/h6-9H,4-5H2,1-3H3. The molecule has 1 aromatic rings. The van der Waals surface area contributed by atoms with Crippen molar-refractivity contribution in [2.45, 2.75) is 26.2 Å². The van der Waals surface area contributed by atoms with Gasteiger partial charge in [-0.1, -0.05) is 18.2 Å². The Kier molecular flexibility index (Phi) is 5.03. The van der Waals surface area contributed by atoms with Crippen molar-refractivity contribution >= 4 is 11.9 Å². The minimum absolute atomic E-state index is 0.0492. The number of ether oxygens (including phenoxy) is 2. The number of halogens is 1. The van der Waals surface area contributed by atoms with E-state index < -0.39 is 23.2 Å². The van der Waals surface area contributed by atoms with Gasteiger partial charge in [0.05, 0.1) is 13.2 Å². The fourth-order valence-corrected chi connectivity index (χ4v) is 1.72. The van der Waals surface area contributed by atoms with Gasteiger partial charge in [-0.3, -0.25) is 9.59 Å². The second kappa shape index (κ2) is 6.31. The van der Waals surface area contributed by atoms with Crippen molar-refractivity contribution in [2.75, 3.05) is 13.2 Å². The highest BCUT2D eigenvalue weighted by atomic mass is 19.1. The summed E-state index contributed by atoms with van der Waals surface area (Å²) in [5.41, 5.74) is -1.84. The molecule has 4 nitrogen and oxygen atoms in total. The number of rotatable bonds is 5. The van der Waals surface area contributed by atoms with E-state index >= 15 is 0 Å². The molecule has 0 heterocycles. The van der Waals surface area contributed by atoms with Crippen LogP contribution in [0.15, 0.2) is 24.3 Å². The maximum atomic E-state index is 13.9. The summed E-state index contributed by atoms with van der Waals surface area (Å²) in [4.78, 5) is 24.1. The van der Waals surface area contributed by atoms with Crippen molar-refractivity contribution < 1.29 is 23.5 Å². The van der Waals surface area contributed by atoms with Gasteiger partial charge in [0.25, 0.3) is 0 Å². The molecule has 1 rings (SSSR count). The molecule has 0 spiro atoms. The Morgan fingerprint density at radius 3 is 2.00 bits per heavy atom. The molecule has 0 amide bonds. The van der Waals surface area contributed by atoms with E-state index in [9.17, 15) is 14.0 Å². The first-order valence-corrected chi connectivity index (χ1v) is 6.07. The average molecular weight is 268 g/mol. The molecule has 0 unspecified atom stereocenters. The number of carbonyl (C=O) groups is 2. The summed E-state index contributed by atoms with van der Waals surface area (Å²) >= 11 is 0. The van der Waals surface area contributed by atoms with Crippen LogP contribution in [0.5, 0.6) is 0 Å². The van der Waals surface area contributed by atoms with Crippen molar-refractivity contribution in [2.24, 2.45) is 0 Å². The molecule has 0 radical (unpaired) electrons. The van der Waals surface area contributed by atoms with Gasteiger partial charge >= 0.3 is 11.9 Å². The molecule has 0 aliphatic rings. The first-order chi connectivity index (χ1) is 8.98. The lowest BCUT2D eigenvalue weighted by Gasteiger charge is -2.25. The van der Waals surface area contributed by atoms with Crippen LogP contribution in [0.1, 0.15) is 26.3 Å². The van der Waals surface area contributed by atoms with E-state index in [1.54, 1.807) is 19.9 Å². The molecule has 0 saturated heterocycles.